The molecule has 1 amide bonds. The Bertz CT molecular complexity index is 483. The minimum absolute atomic E-state index is 0.250. The van der Waals surface area contributed by atoms with Crippen molar-refractivity contribution in [2.75, 3.05) is 30.1 Å². The number of methoxy groups -OCH3 is 1. The fourth-order valence-corrected chi connectivity index (χ4v) is 3.27. The van der Waals surface area contributed by atoms with Crippen molar-refractivity contribution in [1.82, 2.24) is 5.32 Å². The molecule has 0 unspecified atom stereocenters. The maximum absolute atomic E-state index is 11.8. The van der Waals surface area contributed by atoms with E-state index in [-0.39, 0.29) is 6.15 Å². The van der Waals surface area contributed by atoms with Crippen LogP contribution in [0.4, 0.5) is 4.79 Å². The number of rotatable bonds is 10. The van der Waals surface area contributed by atoms with Crippen LogP contribution in [0, 0.1) is 5.92 Å². The number of alkyl carbamates (subject to hydrolysis) is 1. The summed E-state index contributed by atoms with van der Waals surface area (Å²) in [5, 5.41) is 2.56. The first kappa shape index (κ1) is 27.8. The molecule has 0 saturated carbocycles. The van der Waals surface area contributed by atoms with Crippen molar-refractivity contribution in [3.05, 3.63) is 12.2 Å². The van der Waals surface area contributed by atoms with Gasteiger partial charge in [-0.3, -0.25) is 0 Å². The van der Waals surface area contributed by atoms with E-state index < -0.39 is 23.7 Å². The summed E-state index contributed by atoms with van der Waals surface area (Å²) in [5.41, 5.74) is -0.603. The topological polar surface area (TPSA) is 98.8 Å². The highest BCUT2D eigenvalue weighted by molar-refractivity contribution is 7.99. The number of hydrogen-bond acceptors (Lipinski definition) is 8. The Balaban J connectivity index is 0. The Morgan fingerprint density at radius 3 is 1.96 bits per heavy atom. The second-order valence-corrected chi connectivity index (χ2v) is 8.90. The van der Waals surface area contributed by atoms with E-state index in [1.165, 1.54) is 7.11 Å². The maximum Gasteiger partial charge on any atom is 0.408 e. The lowest BCUT2D eigenvalue weighted by atomic mass is 10.2. The lowest BCUT2D eigenvalue weighted by Crippen LogP contribution is -2.45. The van der Waals surface area contributed by atoms with E-state index in [1.54, 1.807) is 32.5 Å². The van der Waals surface area contributed by atoms with E-state index >= 15 is 0 Å². The predicted octanol–water partition coefficient (Wildman–Crippen LogP) is 3.15. The van der Waals surface area contributed by atoms with Gasteiger partial charge in [-0.05, 0) is 32.4 Å². The average molecular weight is 422 g/mol. The third kappa shape index (κ3) is 20.7. The molecule has 0 bridgehead atoms. The minimum atomic E-state index is -0.710. The Morgan fingerprint density at radius 2 is 1.56 bits per heavy atom. The van der Waals surface area contributed by atoms with E-state index in [2.05, 4.69) is 31.3 Å². The van der Waals surface area contributed by atoms with Crippen molar-refractivity contribution >= 4 is 41.7 Å². The molecule has 0 aliphatic carbocycles. The Kier molecular flexibility index (Phi) is 17.2. The molecule has 0 spiro atoms. The first-order chi connectivity index (χ1) is 12.6. The summed E-state index contributed by atoms with van der Waals surface area (Å²) in [6, 6.07) is -0.710. The predicted molar refractivity (Wildman–Crippen MR) is 109 cm³/mol. The largest absolute Gasteiger partial charge is 0.467 e. The Morgan fingerprint density at radius 1 is 1.07 bits per heavy atom. The molecule has 156 valence electrons. The molecule has 0 aliphatic rings. The highest BCUT2D eigenvalue weighted by Crippen LogP contribution is 2.10. The van der Waals surface area contributed by atoms with E-state index in [9.17, 15) is 9.59 Å². The summed E-state index contributed by atoms with van der Waals surface area (Å²) in [7, 11) is 1.31. The van der Waals surface area contributed by atoms with Gasteiger partial charge >= 0.3 is 18.2 Å². The second kappa shape index (κ2) is 16.7. The fourth-order valence-electron chi connectivity index (χ4n) is 1.52. The number of nitrogens with one attached hydrogen (secondary N) is 1. The van der Waals surface area contributed by atoms with Gasteiger partial charge in [0.25, 0.3) is 0 Å². The summed E-state index contributed by atoms with van der Waals surface area (Å²) >= 11 is 3.47. The number of carbonyl (C=O) groups is 2. The number of amides is 1. The van der Waals surface area contributed by atoms with Crippen LogP contribution >= 0.6 is 23.5 Å². The van der Waals surface area contributed by atoms with E-state index in [0.29, 0.717) is 11.7 Å². The van der Waals surface area contributed by atoms with Gasteiger partial charge in [0, 0.05) is 17.3 Å². The van der Waals surface area contributed by atoms with Crippen LogP contribution in [0.2, 0.25) is 0 Å². The molecule has 0 aromatic rings. The third-order valence-electron chi connectivity index (χ3n) is 2.51. The van der Waals surface area contributed by atoms with E-state index in [4.69, 9.17) is 19.1 Å². The Hall–Kier alpha value is -1.44. The van der Waals surface area contributed by atoms with Gasteiger partial charge in [0.2, 0.25) is 0 Å². The van der Waals surface area contributed by atoms with Gasteiger partial charge in [-0.25, -0.2) is 9.59 Å². The molecule has 0 radical (unpaired) electrons. The Labute approximate surface area is 170 Å². The molecule has 0 aromatic carbocycles. The number of ether oxygens (including phenoxy) is 2. The van der Waals surface area contributed by atoms with Crippen molar-refractivity contribution in [3.63, 3.8) is 0 Å². The van der Waals surface area contributed by atoms with Crippen LogP contribution in [0.1, 0.15) is 34.6 Å². The summed E-state index contributed by atoms with van der Waals surface area (Å²) < 4.78 is 9.90. The van der Waals surface area contributed by atoms with E-state index in [0.717, 1.165) is 17.3 Å². The lowest BCUT2D eigenvalue weighted by Gasteiger charge is -2.22. The summed E-state index contributed by atoms with van der Waals surface area (Å²) in [4.78, 5) is 39.8. The molecule has 0 saturated heterocycles. The molecule has 1 atom stereocenters. The SMILES string of the molecule is COC(=O)[C@H](CSC/C=C\CSCC(C)C)NC(=O)OC(C)(C)C.O=C=O. The molecular weight excluding hydrogens is 390 g/mol. The summed E-state index contributed by atoms with van der Waals surface area (Å²) in [6.07, 6.45) is 3.85. The molecule has 0 aromatic heterocycles. The molecule has 0 rings (SSSR count). The third-order valence-corrected chi connectivity index (χ3v) is 4.83. The molecule has 0 fully saturated rings. The van der Waals surface area contributed by atoms with Crippen molar-refractivity contribution in [2.45, 2.75) is 46.3 Å². The second-order valence-electron chi connectivity index (χ2n) is 6.75. The van der Waals surface area contributed by atoms with Gasteiger partial charge in [-0.1, -0.05) is 26.0 Å². The zero-order chi connectivity index (χ0) is 21.3. The van der Waals surface area contributed by atoms with Crippen molar-refractivity contribution in [2.24, 2.45) is 5.92 Å². The minimum Gasteiger partial charge on any atom is -0.467 e. The zero-order valence-electron chi connectivity index (χ0n) is 16.9. The van der Waals surface area contributed by atoms with Gasteiger partial charge in [-0.2, -0.15) is 33.1 Å². The molecule has 0 aliphatic heterocycles. The van der Waals surface area contributed by atoms with Gasteiger partial charge < -0.3 is 14.8 Å². The maximum atomic E-state index is 11.8. The molecular formula is C18H31NO6S2. The van der Waals surface area contributed by atoms with Crippen molar-refractivity contribution in [1.29, 1.82) is 0 Å². The first-order valence-corrected chi connectivity index (χ1v) is 10.7. The summed E-state index contributed by atoms with van der Waals surface area (Å²) in [5.74, 6) is 3.61. The van der Waals surface area contributed by atoms with Crippen LogP contribution in [-0.4, -0.2) is 60.0 Å². The number of carbonyl (C=O) groups excluding carboxylic acids is 4. The monoisotopic (exact) mass is 421 g/mol. The fraction of sp³-hybridized carbons (Fsp3) is 0.722. The van der Waals surface area contributed by atoms with Gasteiger partial charge in [0.05, 0.1) is 7.11 Å². The molecule has 7 nitrogen and oxygen atoms in total. The molecule has 1 N–H and O–H groups in total. The standard InChI is InChI=1S/C17H31NO4S2.CO2/c1-13(2)11-23-9-7-8-10-24-12-14(15(19)21-6)18-16(20)22-17(3,4)5;2-1-3/h7-8,13-14H,9-12H2,1-6H3,(H,18,20);/b8-7-;/t14-;/m0./s1. The number of hydrogen-bond donors (Lipinski definition) is 1. The van der Waals surface area contributed by atoms with Gasteiger partial charge in [0.1, 0.15) is 11.6 Å². The van der Waals surface area contributed by atoms with Crippen molar-refractivity contribution in [3.8, 4) is 0 Å². The molecule has 9 heteroatoms. The van der Waals surface area contributed by atoms with Crippen LogP contribution in [0.3, 0.4) is 0 Å². The smallest absolute Gasteiger partial charge is 0.408 e. The van der Waals surface area contributed by atoms with Crippen LogP contribution in [0.25, 0.3) is 0 Å². The molecule has 27 heavy (non-hydrogen) atoms. The molecule has 0 heterocycles. The van der Waals surface area contributed by atoms with E-state index in [1.807, 2.05) is 11.8 Å². The summed E-state index contributed by atoms with van der Waals surface area (Å²) in [6.45, 7) is 9.73. The van der Waals surface area contributed by atoms with Gasteiger partial charge in [0.15, 0.2) is 0 Å². The quantitative estimate of drug-likeness (QED) is 0.326. The normalized spacial score (nSPS) is 12.0. The highest BCUT2D eigenvalue weighted by atomic mass is 32.2. The number of esters is 1. The average Bonchev–Trinajstić information content (AvgIpc) is 2.54. The first-order valence-electron chi connectivity index (χ1n) is 8.44. The number of thioether (sulfide) groups is 2. The van der Waals surface area contributed by atoms with Crippen molar-refractivity contribution < 1.29 is 28.7 Å². The van der Waals surface area contributed by atoms with Crippen LogP contribution in [0.5, 0.6) is 0 Å². The highest BCUT2D eigenvalue weighted by Gasteiger charge is 2.24. The van der Waals surface area contributed by atoms with Crippen LogP contribution < -0.4 is 5.32 Å². The zero-order valence-corrected chi connectivity index (χ0v) is 18.5. The van der Waals surface area contributed by atoms with Crippen LogP contribution in [-0.2, 0) is 23.9 Å². The van der Waals surface area contributed by atoms with Gasteiger partial charge in [-0.15, -0.1) is 0 Å². The van der Waals surface area contributed by atoms with Crippen LogP contribution in [0.15, 0.2) is 12.2 Å². The lowest BCUT2D eigenvalue weighted by molar-refractivity contribution is -0.191.